The predicted molar refractivity (Wildman–Crippen MR) is 93.5 cm³/mol. The third kappa shape index (κ3) is 5.79. The van der Waals surface area contributed by atoms with Crippen LogP contribution < -0.4 is 5.32 Å². The number of rotatable bonds is 7. The topological polar surface area (TPSA) is 32.3 Å². The highest BCUT2D eigenvalue weighted by atomic mass is 32.2. The average molecular weight is 368 g/mol. The van der Waals surface area contributed by atoms with Gasteiger partial charge in [0.25, 0.3) is 11.7 Å². The zero-order valence-corrected chi connectivity index (χ0v) is 14.7. The lowest BCUT2D eigenvalue weighted by Crippen LogP contribution is -2.34. The molecule has 3 nitrogen and oxygen atoms in total. The van der Waals surface area contributed by atoms with E-state index in [1.807, 2.05) is 19.0 Å². The normalized spacial score (nSPS) is 12.4. The van der Waals surface area contributed by atoms with Gasteiger partial charge in [-0.05, 0) is 56.1 Å². The number of hydrogen-bond acceptors (Lipinski definition) is 3. The van der Waals surface area contributed by atoms with E-state index in [1.54, 1.807) is 12.1 Å². The van der Waals surface area contributed by atoms with Crippen molar-refractivity contribution < 1.29 is 18.0 Å². The van der Waals surface area contributed by atoms with Crippen molar-refractivity contribution in [3.63, 3.8) is 0 Å². The maximum atomic E-state index is 13.4. The molecule has 1 N–H and O–H groups in total. The molecule has 0 aliphatic rings. The van der Waals surface area contributed by atoms with E-state index in [0.717, 1.165) is 5.56 Å². The minimum atomic E-state index is -2.49. The van der Waals surface area contributed by atoms with E-state index in [0.29, 0.717) is 28.8 Å². The summed E-state index contributed by atoms with van der Waals surface area (Å²) in [6, 6.07) is 12.0. The number of alkyl halides is 2. The second-order valence-corrected chi connectivity index (χ2v) is 6.71. The van der Waals surface area contributed by atoms with Crippen molar-refractivity contribution >= 4 is 17.7 Å². The molecule has 1 unspecified atom stereocenters. The molecule has 2 aromatic rings. The van der Waals surface area contributed by atoms with Gasteiger partial charge in [0.15, 0.2) is 0 Å². The summed E-state index contributed by atoms with van der Waals surface area (Å²) >= 11 is 0.432. The van der Waals surface area contributed by atoms with Gasteiger partial charge in [-0.2, -0.15) is 8.78 Å². The van der Waals surface area contributed by atoms with Gasteiger partial charge in [-0.15, -0.1) is 0 Å². The van der Waals surface area contributed by atoms with E-state index in [9.17, 15) is 18.0 Å². The van der Waals surface area contributed by atoms with Crippen LogP contribution in [0.3, 0.4) is 0 Å². The quantitative estimate of drug-likeness (QED) is 0.745. The van der Waals surface area contributed by atoms with Crippen LogP contribution in [0, 0.1) is 5.82 Å². The maximum absolute atomic E-state index is 13.4. The molecule has 0 aliphatic carbocycles. The zero-order chi connectivity index (χ0) is 18.4. The molecule has 0 saturated carbocycles. The molecular weight excluding hydrogens is 349 g/mol. The summed E-state index contributed by atoms with van der Waals surface area (Å²) in [7, 11) is 3.69. The van der Waals surface area contributed by atoms with Crippen molar-refractivity contribution in [1.29, 1.82) is 0 Å². The Hall–Kier alpha value is -1.99. The van der Waals surface area contributed by atoms with Gasteiger partial charge in [0, 0.05) is 17.0 Å². The molecular formula is C18H19F3N2OS. The summed E-state index contributed by atoms with van der Waals surface area (Å²) in [6.07, 6.45) is 0. The summed E-state index contributed by atoms with van der Waals surface area (Å²) in [5.74, 6) is -3.13. The van der Waals surface area contributed by atoms with Crippen LogP contribution >= 0.6 is 11.8 Å². The molecule has 1 atom stereocenters. The average Bonchev–Trinajstić information content (AvgIpc) is 2.54. The predicted octanol–water partition coefficient (Wildman–Crippen LogP) is 4.17. The molecule has 2 aromatic carbocycles. The Bertz CT molecular complexity index is 708. The molecule has 0 heterocycles. The fourth-order valence-electron chi connectivity index (χ4n) is 2.39. The number of carbonyl (C=O) groups excluding carboxylic acids is 1. The molecule has 0 aromatic heterocycles. The molecule has 0 saturated heterocycles. The minimum Gasteiger partial charge on any atom is -0.350 e. The first-order valence-electron chi connectivity index (χ1n) is 7.62. The lowest BCUT2D eigenvalue weighted by Gasteiger charge is -2.25. The number of amides is 1. The highest BCUT2D eigenvalue weighted by Gasteiger charge is 2.16. The third-order valence-corrected chi connectivity index (χ3v) is 4.38. The number of likely N-dealkylation sites (N-methyl/N-ethyl adjacent to an activating group) is 1. The van der Waals surface area contributed by atoms with Gasteiger partial charge in [-0.25, -0.2) is 4.39 Å². The van der Waals surface area contributed by atoms with Crippen molar-refractivity contribution in [2.45, 2.75) is 16.7 Å². The standard InChI is InChI=1S/C18H19F3N2OS/c1-23(2)16(13-4-3-5-14(19)10-13)11-22-17(24)12-6-8-15(9-7-12)25-18(20)21/h3-10,16,18H,11H2,1-2H3,(H,22,24). The second-order valence-electron chi connectivity index (χ2n) is 5.65. The van der Waals surface area contributed by atoms with Crippen LogP contribution in [-0.2, 0) is 0 Å². The lowest BCUT2D eigenvalue weighted by atomic mass is 10.1. The maximum Gasteiger partial charge on any atom is 0.288 e. The second kappa shape index (κ2) is 8.92. The fraction of sp³-hybridized carbons (Fsp3) is 0.278. The van der Waals surface area contributed by atoms with E-state index in [4.69, 9.17) is 0 Å². The van der Waals surface area contributed by atoms with E-state index >= 15 is 0 Å². The van der Waals surface area contributed by atoms with Crippen LogP contribution in [0.4, 0.5) is 13.2 Å². The zero-order valence-electron chi connectivity index (χ0n) is 13.9. The number of nitrogens with zero attached hydrogens (tertiary/aromatic N) is 1. The van der Waals surface area contributed by atoms with E-state index < -0.39 is 5.76 Å². The Morgan fingerprint density at radius 2 is 1.84 bits per heavy atom. The van der Waals surface area contributed by atoms with Crippen LogP contribution in [0.2, 0.25) is 0 Å². The van der Waals surface area contributed by atoms with Gasteiger partial charge in [0.05, 0.1) is 6.04 Å². The molecule has 0 bridgehead atoms. The molecule has 0 spiro atoms. The molecule has 2 rings (SSSR count). The SMILES string of the molecule is CN(C)C(CNC(=O)c1ccc(SC(F)F)cc1)c1cccc(F)c1. The Morgan fingerprint density at radius 3 is 2.40 bits per heavy atom. The Kier molecular flexibility index (Phi) is 6.90. The Morgan fingerprint density at radius 1 is 1.16 bits per heavy atom. The largest absolute Gasteiger partial charge is 0.350 e. The van der Waals surface area contributed by atoms with Gasteiger partial charge in [-0.3, -0.25) is 4.79 Å². The molecule has 25 heavy (non-hydrogen) atoms. The molecule has 134 valence electrons. The van der Waals surface area contributed by atoms with Crippen LogP contribution in [0.1, 0.15) is 22.0 Å². The number of thioether (sulfide) groups is 1. The van der Waals surface area contributed by atoms with Gasteiger partial charge in [0.1, 0.15) is 5.82 Å². The highest BCUT2D eigenvalue weighted by Crippen LogP contribution is 2.25. The number of carbonyl (C=O) groups is 1. The summed E-state index contributed by atoms with van der Waals surface area (Å²) < 4.78 is 38.0. The van der Waals surface area contributed by atoms with Crippen molar-refractivity contribution in [2.75, 3.05) is 20.6 Å². The molecule has 1 amide bonds. The van der Waals surface area contributed by atoms with Gasteiger partial charge in [-0.1, -0.05) is 23.9 Å². The van der Waals surface area contributed by atoms with Gasteiger partial charge in [0.2, 0.25) is 0 Å². The van der Waals surface area contributed by atoms with Crippen molar-refractivity contribution in [2.24, 2.45) is 0 Å². The van der Waals surface area contributed by atoms with Gasteiger partial charge >= 0.3 is 0 Å². The number of benzene rings is 2. The van der Waals surface area contributed by atoms with Crippen LogP contribution in [0.15, 0.2) is 53.4 Å². The van der Waals surface area contributed by atoms with Gasteiger partial charge < -0.3 is 10.2 Å². The summed E-state index contributed by atoms with van der Waals surface area (Å²) in [6.45, 7) is 0.294. The third-order valence-electron chi connectivity index (χ3n) is 3.65. The van der Waals surface area contributed by atoms with E-state index in [2.05, 4.69) is 5.32 Å². The summed E-state index contributed by atoms with van der Waals surface area (Å²) in [5.41, 5.74) is 1.14. The van der Waals surface area contributed by atoms with Crippen molar-refractivity contribution in [3.05, 3.63) is 65.5 Å². The monoisotopic (exact) mass is 368 g/mol. The smallest absolute Gasteiger partial charge is 0.288 e. The molecule has 0 fully saturated rings. The number of halogens is 3. The Balaban J connectivity index is 2.01. The Labute approximate surface area is 149 Å². The first-order chi connectivity index (χ1) is 11.9. The fourth-order valence-corrected chi connectivity index (χ4v) is 2.89. The first-order valence-corrected chi connectivity index (χ1v) is 8.49. The number of nitrogens with one attached hydrogen (secondary N) is 1. The summed E-state index contributed by atoms with van der Waals surface area (Å²) in [4.78, 5) is 14.5. The summed E-state index contributed by atoms with van der Waals surface area (Å²) in [5, 5.41) is 2.80. The minimum absolute atomic E-state index is 0.187. The lowest BCUT2D eigenvalue weighted by molar-refractivity contribution is 0.0942. The van der Waals surface area contributed by atoms with E-state index in [-0.39, 0.29) is 17.8 Å². The first kappa shape index (κ1) is 19.3. The molecule has 7 heteroatoms. The van der Waals surface area contributed by atoms with Crippen LogP contribution in [0.25, 0.3) is 0 Å². The molecule has 0 radical (unpaired) electrons. The number of hydrogen-bond donors (Lipinski definition) is 1. The van der Waals surface area contributed by atoms with Crippen molar-refractivity contribution in [3.8, 4) is 0 Å². The van der Waals surface area contributed by atoms with E-state index in [1.165, 1.54) is 36.4 Å². The van der Waals surface area contributed by atoms with Crippen molar-refractivity contribution in [1.82, 2.24) is 10.2 Å². The van der Waals surface area contributed by atoms with Crippen LogP contribution in [-0.4, -0.2) is 37.2 Å². The molecule has 0 aliphatic heterocycles. The van der Waals surface area contributed by atoms with Crippen LogP contribution in [0.5, 0.6) is 0 Å². The highest BCUT2D eigenvalue weighted by molar-refractivity contribution is 7.99.